The third kappa shape index (κ3) is 3.56. The Morgan fingerprint density at radius 1 is 0.931 bits per heavy atom. The average molecular weight is 385 g/mol. The van der Waals surface area contributed by atoms with Crippen LogP contribution in [0.1, 0.15) is 32.1 Å². The van der Waals surface area contributed by atoms with Gasteiger partial charge < -0.3 is 9.73 Å². The van der Waals surface area contributed by atoms with Crippen LogP contribution in [-0.4, -0.2) is 15.4 Å². The highest BCUT2D eigenvalue weighted by atomic mass is 16.3. The molecule has 0 atom stereocenters. The Kier molecular flexibility index (Phi) is 4.64. The zero-order valence-corrected chi connectivity index (χ0v) is 16.2. The molecule has 4 aromatic rings. The second-order valence-electron chi connectivity index (χ2n) is 7.60. The Bertz CT molecular complexity index is 1190. The molecule has 0 aliphatic heterocycles. The standard InChI is InChI=1S/C24H23N3O2/c28-19-15-20(17-9-3-1-4-10-17)29-21(16-19)23-24(25-18-11-5-2-6-12-18)27-14-8-7-13-22(27)26-23/h1,3-4,7-10,13-16,18,25H,2,5-6,11-12H2. The first-order valence-corrected chi connectivity index (χ1v) is 10.2. The summed E-state index contributed by atoms with van der Waals surface area (Å²) in [4.78, 5) is 17.3. The molecule has 1 N–H and O–H groups in total. The van der Waals surface area contributed by atoms with Crippen molar-refractivity contribution in [2.45, 2.75) is 38.1 Å². The number of aromatic nitrogens is 2. The van der Waals surface area contributed by atoms with Crippen LogP contribution >= 0.6 is 0 Å². The molecule has 0 amide bonds. The van der Waals surface area contributed by atoms with Crippen LogP contribution in [0.25, 0.3) is 28.4 Å². The number of hydrogen-bond acceptors (Lipinski definition) is 4. The van der Waals surface area contributed by atoms with Gasteiger partial charge in [-0.05, 0) is 25.0 Å². The predicted molar refractivity (Wildman–Crippen MR) is 115 cm³/mol. The molecule has 5 nitrogen and oxygen atoms in total. The van der Waals surface area contributed by atoms with Crippen molar-refractivity contribution >= 4 is 11.5 Å². The van der Waals surface area contributed by atoms with E-state index >= 15 is 0 Å². The first-order valence-electron chi connectivity index (χ1n) is 10.2. The van der Waals surface area contributed by atoms with E-state index in [1.165, 1.54) is 31.4 Å². The Morgan fingerprint density at radius 2 is 1.69 bits per heavy atom. The van der Waals surface area contributed by atoms with Gasteiger partial charge in [-0.15, -0.1) is 0 Å². The average Bonchev–Trinajstić information content (AvgIpc) is 3.13. The molecule has 0 saturated heterocycles. The van der Waals surface area contributed by atoms with Gasteiger partial charge in [0.25, 0.3) is 0 Å². The lowest BCUT2D eigenvalue weighted by Gasteiger charge is -2.24. The van der Waals surface area contributed by atoms with Gasteiger partial charge >= 0.3 is 0 Å². The molecule has 1 aliphatic carbocycles. The van der Waals surface area contributed by atoms with Gasteiger partial charge in [-0.25, -0.2) is 4.98 Å². The van der Waals surface area contributed by atoms with Gasteiger partial charge in [0.05, 0.1) is 0 Å². The highest BCUT2D eigenvalue weighted by Crippen LogP contribution is 2.32. The van der Waals surface area contributed by atoms with Gasteiger partial charge in [0, 0.05) is 29.9 Å². The van der Waals surface area contributed by atoms with Crippen molar-refractivity contribution in [1.82, 2.24) is 9.38 Å². The maximum Gasteiger partial charge on any atom is 0.186 e. The van der Waals surface area contributed by atoms with Crippen molar-refractivity contribution in [2.75, 3.05) is 5.32 Å². The zero-order chi connectivity index (χ0) is 19.6. The minimum Gasteiger partial charge on any atom is -0.454 e. The molecule has 1 aromatic carbocycles. The molecule has 5 rings (SSSR count). The van der Waals surface area contributed by atoms with Crippen LogP contribution in [-0.2, 0) is 0 Å². The van der Waals surface area contributed by atoms with Crippen LogP contribution < -0.4 is 10.7 Å². The second-order valence-corrected chi connectivity index (χ2v) is 7.60. The maximum atomic E-state index is 12.5. The van der Waals surface area contributed by atoms with Crippen molar-refractivity contribution in [3.63, 3.8) is 0 Å². The summed E-state index contributed by atoms with van der Waals surface area (Å²) in [5, 5.41) is 3.69. The Morgan fingerprint density at radius 3 is 2.52 bits per heavy atom. The quantitative estimate of drug-likeness (QED) is 0.513. The number of imidazole rings is 1. The second kappa shape index (κ2) is 7.59. The number of pyridine rings is 1. The monoisotopic (exact) mass is 385 g/mol. The van der Waals surface area contributed by atoms with E-state index in [2.05, 4.69) is 5.32 Å². The molecule has 1 aliphatic rings. The van der Waals surface area contributed by atoms with Crippen LogP contribution in [0.3, 0.4) is 0 Å². The van der Waals surface area contributed by atoms with Crippen LogP contribution in [0.5, 0.6) is 0 Å². The van der Waals surface area contributed by atoms with E-state index in [9.17, 15) is 4.79 Å². The summed E-state index contributed by atoms with van der Waals surface area (Å²) in [6.07, 6.45) is 8.06. The normalized spacial score (nSPS) is 14.9. The van der Waals surface area contributed by atoms with E-state index in [1.54, 1.807) is 0 Å². The SMILES string of the molecule is O=c1cc(-c2ccccc2)oc(-c2nc3ccccn3c2NC2CCCCC2)c1. The summed E-state index contributed by atoms with van der Waals surface area (Å²) in [6, 6.07) is 19.1. The number of fused-ring (bicyclic) bond motifs is 1. The molecule has 5 heteroatoms. The van der Waals surface area contributed by atoms with E-state index in [0.29, 0.717) is 23.3 Å². The molecule has 0 radical (unpaired) electrons. The number of rotatable bonds is 4. The number of nitrogens with one attached hydrogen (secondary N) is 1. The number of benzene rings is 1. The van der Waals surface area contributed by atoms with E-state index < -0.39 is 0 Å². The molecule has 146 valence electrons. The van der Waals surface area contributed by atoms with E-state index in [-0.39, 0.29) is 5.43 Å². The largest absolute Gasteiger partial charge is 0.454 e. The van der Waals surface area contributed by atoms with Gasteiger partial charge in [-0.1, -0.05) is 55.7 Å². The number of hydrogen-bond donors (Lipinski definition) is 1. The summed E-state index contributed by atoms with van der Waals surface area (Å²) in [5.74, 6) is 1.92. The lowest BCUT2D eigenvalue weighted by atomic mass is 9.95. The van der Waals surface area contributed by atoms with Crippen LogP contribution in [0, 0.1) is 0 Å². The van der Waals surface area contributed by atoms with Gasteiger partial charge in [0.15, 0.2) is 11.2 Å². The van der Waals surface area contributed by atoms with Crippen molar-refractivity contribution in [2.24, 2.45) is 0 Å². The van der Waals surface area contributed by atoms with Crippen LogP contribution in [0.4, 0.5) is 5.82 Å². The first kappa shape index (κ1) is 17.7. The minimum atomic E-state index is -0.0919. The number of anilines is 1. The van der Waals surface area contributed by atoms with Crippen molar-refractivity contribution in [1.29, 1.82) is 0 Å². The molecule has 0 bridgehead atoms. The molecule has 3 aromatic heterocycles. The Balaban J connectivity index is 1.64. The highest BCUT2D eigenvalue weighted by molar-refractivity contribution is 5.74. The topological polar surface area (TPSA) is 59.5 Å². The summed E-state index contributed by atoms with van der Waals surface area (Å²) >= 11 is 0. The lowest BCUT2D eigenvalue weighted by Crippen LogP contribution is -2.23. The molecule has 0 spiro atoms. The smallest absolute Gasteiger partial charge is 0.186 e. The predicted octanol–water partition coefficient (Wildman–Crippen LogP) is 5.37. The van der Waals surface area contributed by atoms with E-state index in [1.807, 2.05) is 59.1 Å². The van der Waals surface area contributed by atoms with E-state index in [4.69, 9.17) is 9.40 Å². The molecule has 1 saturated carbocycles. The highest BCUT2D eigenvalue weighted by Gasteiger charge is 2.21. The first-order chi connectivity index (χ1) is 14.3. The van der Waals surface area contributed by atoms with Gasteiger partial charge in [-0.3, -0.25) is 9.20 Å². The summed E-state index contributed by atoms with van der Waals surface area (Å²) < 4.78 is 8.21. The van der Waals surface area contributed by atoms with Crippen molar-refractivity contribution < 1.29 is 4.42 Å². The number of nitrogens with zero attached hydrogens (tertiary/aromatic N) is 2. The fourth-order valence-electron chi connectivity index (χ4n) is 4.08. The van der Waals surface area contributed by atoms with Gasteiger partial charge in [0.1, 0.15) is 22.9 Å². The zero-order valence-electron chi connectivity index (χ0n) is 16.2. The molecule has 0 unspecified atom stereocenters. The molecular formula is C24H23N3O2. The van der Waals surface area contributed by atoms with Gasteiger partial charge in [0.2, 0.25) is 0 Å². The fraction of sp³-hybridized carbons (Fsp3) is 0.250. The summed E-state index contributed by atoms with van der Waals surface area (Å²) in [7, 11) is 0. The maximum absolute atomic E-state index is 12.5. The lowest BCUT2D eigenvalue weighted by molar-refractivity contribution is 0.461. The van der Waals surface area contributed by atoms with Crippen molar-refractivity contribution in [3.8, 4) is 22.8 Å². The van der Waals surface area contributed by atoms with E-state index in [0.717, 1.165) is 29.9 Å². The molecular weight excluding hydrogens is 362 g/mol. The van der Waals surface area contributed by atoms with Crippen molar-refractivity contribution in [3.05, 3.63) is 77.1 Å². The summed E-state index contributed by atoms with van der Waals surface area (Å²) in [6.45, 7) is 0. The Labute approximate surface area is 169 Å². The molecule has 3 heterocycles. The summed E-state index contributed by atoms with van der Waals surface area (Å²) in [5.41, 5.74) is 2.29. The van der Waals surface area contributed by atoms with Crippen LogP contribution in [0.2, 0.25) is 0 Å². The minimum absolute atomic E-state index is 0.0919. The molecule has 29 heavy (non-hydrogen) atoms. The van der Waals surface area contributed by atoms with Gasteiger partial charge in [-0.2, -0.15) is 0 Å². The Hall–Kier alpha value is -3.34. The third-order valence-corrected chi connectivity index (χ3v) is 5.53. The third-order valence-electron chi connectivity index (χ3n) is 5.53. The fourth-order valence-corrected chi connectivity index (χ4v) is 4.08. The van der Waals surface area contributed by atoms with Crippen LogP contribution in [0.15, 0.2) is 76.1 Å². The molecule has 1 fully saturated rings.